The second-order valence-corrected chi connectivity index (χ2v) is 5.64. The van der Waals surface area contributed by atoms with E-state index in [2.05, 4.69) is 26.4 Å². The van der Waals surface area contributed by atoms with E-state index in [9.17, 15) is 4.79 Å². The number of hydrogen-bond acceptors (Lipinski definition) is 3. The molecule has 4 nitrogen and oxygen atoms in total. The molecule has 2 atom stereocenters. The van der Waals surface area contributed by atoms with Crippen molar-refractivity contribution in [1.82, 2.24) is 10.5 Å². The molecule has 1 saturated carbocycles. The number of alkyl halides is 1. The van der Waals surface area contributed by atoms with Gasteiger partial charge in [-0.2, -0.15) is 0 Å². The maximum Gasteiger partial charge on any atom is 0.273 e. The molecule has 100 valence electrons. The van der Waals surface area contributed by atoms with Gasteiger partial charge in [-0.1, -0.05) is 33.9 Å². The Bertz CT molecular complexity index is 405. The Morgan fingerprint density at radius 1 is 1.50 bits per heavy atom. The monoisotopic (exact) mass is 314 g/mol. The number of carbonyl (C=O) groups excluding carboxylic acids is 1. The molecule has 1 fully saturated rings. The number of nitrogens with zero attached hydrogens (tertiary/aromatic N) is 1. The molecule has 0 saturated heterocycles. The number of amides is 1. The van der Waals surface area contributed by atoms with Gasteiger partial charge in [-0.05, 0) is 31.6 Å². The minimum absolute atomic E-state index is 0.134. The fourth-order valence-electron chi connectivity index (χ4n) is 2.54. The standard InChI is InChI=1S/C13H19BrN2O2/c1-9-6-12(16-18-9)13(17)15-8-11-5-3-2-4-10(11)7-14/h6,10-11H,2-5,7-8H2,1H3,(H,15,17). The van der Waals surface area contributed by atoms with Gasteiger partial charge in [0.05, 0.1) is 0 Å². The summed E-state index contributed by atoms with van der Waals surface area (Å²) < 4.78 is 4.90. The highest BCUT2D eigenvalue weighted by atomic mass is 79.9. The summed E-state index contributed by atoms with van der Waals surface area (Å²) in [6, 6.07) is 1.66. The molecular formula is C13H19BrN2O2. The van der Waals surface area contributed by atoms with E-state index in [1.165, 1.54) is 25.7 Å². The van der Waals surface area contributed by atoms with Crippen molar-refractivity contribution in [2.75, 3.05) is 11.9 Å². The molecule has 5 heteroatoms. The van der Waals surface area contributed by atoms with Crippen LogP contribution in [0.4, 0.5) is 0 Å². The van der Waals surface area contributed by atoms with Gasteiger partial charge in [0.25, 0.3) is 5.91 Å². The van der Waals surface area contributed by atoms with E-state index in [1.54, 1.807) is 13.0 Å². The molecule has 0 aromatic carbocycles. The molecule has 2 unspecified atom stereocenters. The lowest BCUT2D eigenvalue weighted by Crippen LogP contribution is -2.34. The number of aromatic nitrogens is 1. The molecule has 1 aromatic heterocycles. The molecule has 0 radical (unpaired) electrons. The van der Waals surface area contributed by atoms with Crippen molar-refractivity contribution in [3.63, 3.8) is 0 Å². The molecule has 2 rings (SSSR count). The molecular weight excluding hydrogens is 296 g/mol. The van der Waals surface area contributed by atoms with E-state index in [-0.39, 0.29) is 5.91 Å². The van der Waals surface area contributed by atoms with Gasteiger partial charge in [-0.3, -0.25) is 4.79 Å². The quantitative estimate of drug-likeness (QED) is 0.869. The highest BCUT2D eigenvalue weighted by molar-refractivity contribution is 9.09. The van der Waals surface area contributed by atoms with Crippen LogP contribution in [-0.2, 0) is 0 Å². The maximum atomic E-state index is 11.9. The Hall–Kier alpha value is -0.840. The van der Waals surface area contributed by atoms with Gasteiger partial charge in [0.2, 0.25) is 0 Å². The molecule has 1 aromatic rings. The minimum Gasteiger partial charge on any atom is -0.361 e. The van der Waals surface area contributed by atoms with E-state index in [0.29, 0.717) is 23.3 Å². The minimum atomic E-state index is -0.134. The van der Waals surface area contributed by atoms with Crippen LogP contribution in [0.25, 0.3) is 0 Å². The summed E-state index contributed by atoms with van der Waals surface area (Å²) in [5.41, 5.74) is 0.374. The lowest BCUT2D eigenvalue weighted by atomic mass is 9.80. The SMILES string of the molecule is Cc1cc(C(=O)NCC2CCCCC2CBr)no1. The van der Waals surface area contributed by atoms with Crippen LogP contribution >= 0.6 is 15.9 Å². The van der Waals surface area contributed by atoms with E-state index in [4.69, 9.17) is 4.52 Å². The summed E-state index contributed by atoms with van der Waals surface area (Å²) >= 11 is 3.57. The molecule has 1 amide bonds. The van der Waals surface area contributed by atoms with Crippen molar-refractivity contribution in [1.29, 1.82) is 0 Å². The Balaban J connectivity index is 1.85. The summed E-state index contributed by atoms with van der Waals surface area (Å²) in [6.07, 6.45) is 5.04. The molecule has 0 spiro atoms. The van der Waals surface area contributed by atoms with Gasteiger partial charge in [0, 0.05) is 17.9 Å². The summed E-state index contributed by atoms with van der Waals surface area (Å²) in [5, 5.41) is 7.71. The molecule has 18 heavy (non-hydrogen) atoms. The highest BCUT2D eigenvalue weighted by Gasteiger charge is 2.24. The van der Waals surface area contributed by atoms with Crippen molar-refractivity contribution in [3.8, 4) is 0 Å². The Morgan fingerprint density at radius 3 is 2.83 bits per heavy atom. The van der Waals surface area contributed by atoms with Crippen LogP contribution in [0.1, 0.15) is 41.9 Å². The van der Waals surface area contributed by atoms with E-state index >= 15 is 0 Å². The van der Waals surface area contributed by atoms with Gasteiger partial charge in [-0.25, -0.2) is 0 Å². The average Bonchev–Trinajstić information content (AvgIpc) is 2.83. The molecule has 0 aliphatic heterocycles. The first-order valence-corrected chi connectivity index (χ1v) is 7.60. The first-order chi connectivity index (χ1) is 8.70. The van der Waals surface area contributed by atoms with Gasteiger partial charge >= 0.3 is 0 Å². The number of hydrogen-bond donors (Lipinski definition) is 1. The lowest BCUT2D eigenvalue weighted by molar-refractivity contribution is 0.0928. The predicted molar refractivity (Wildman–Crippen MR) is 72.8 cm³/mol. The molecule has 0 bridgehead atoms. The second kappa shape index (κ2) is 6.36. The normalized spacial score (nSPS) is 23.9. The van der Waals surface area contributed by atoms with Gasteiger partial charge < -0.3 is 9.84 Å². The zero-order valence-corrected chi connectivity index (χ0v) is 12.2. The van der Waals surface area contributed by atoms with Crippen molar-refractivity contribution < 1.29 is 9.32 Å². The number of rotatable bonds is 4. The van der Waals surface area contributed by atoms with E-state index < -0.39 is 0 Å². The highest BCUT2D eigenvalue weighted by Crippen LogP contribution is 2.30. The van der Waals surface area contributed by atoms with Crippen LogP contribution in [0, 0.1) is 18.8 Å². The average molecular weight is 315 g/mol. The Labute approximate surface area is 116 Å². The lowest BCUT2D eigenvalue weighted by Gasteiger charge is -2.30. The van der Waals surface area contributed by atoms with Crippen molar-refractivity contribution in [3.05, 3.63) is 17.5 Å². The first-order valence-electron chi connectivity index (χ1n) is 6.48. The third-order valence-corrected chi connectivity index (χ3v) is 4.48. The van der Waals surface area contributed by atoms with Crippen LogP contribution in [0.5, 0.6) is 0 Å². The summed E-state index contributed by atoms with van der Waals surface area (Å²) in [7, 11) is 0. The van der Waals surface area contributed by atoms with Crippen LogP contribution in [-0.4, -0.2) is 22.9 Å². The molecule has 1 heterocycles. The maximum absolute atomic E-state index is 11.9. The summed E-state index contributed by atoms with van der Waals surface area (Å²) in [5.74, 6) is 1.79. The number of nitrogens with one attached hydrogen (secondary N) is 1. The van der Waals surface area contributed by atoms with Crippen LogP contribution in [0.15, 0.2) is 10.6 Å². The fourth-order valence-corrected chi connectivity index (χ4v) is 3.40. The van der Waals surface area contributed by atoms with Crippen molar-refractivity contribution in [2.45, 2.75) is 32.6 Å². The Kier molecular flexibility index (Phi) is 4.80. The summed E-state index contributed by atoms with van der Waals surface area (Å²) in [6.45, 7) is 2.52. The van der Waals surface area contributed by atoms with E-state index in [0.717, 1.165) is 11.9 Å². The Morgan fingerprint density at radius 2 is 2.22 bits per heavy atom. The fraction of sp³-hybridized carbons (Fsp3) is 0.692. The second-order valence-electron chi connectivity index (χ2n) is 4.99. The third kappa shape index (κ3) is 3.34. The molecule has 1 aliphatic rings. The smallest absolute Gasteiger partial charge is 0.273 e. The van der Waals surface area contributed by atoms with Gasteiger partial charge in [0.1, 0.15) is 5.76 Å². The zero-order chi connectivity index (χ0) is 13.0. The third-order valence-electron chi connectivity index (χ3n) is 3.65. The first kappa shape index (κ1) is 13.6. The van der Waals surface area contributed by atoms with E-state index in [1.807, 2.05) is 0 Å². The van der Waals surface area contributed by atoms with Gasteiger partial charge in [0.15, 0.2) is 5.69 Å². The zero-order valence-electron chi connectivity index (χ0n) is 10.6. The number of aryl methyl sites for hydroxylation is 1. The van der Waals surface area contributed by atoms with Crippen molar-refractivity contribution in [2.24, 2.45) is 11.8 Å². The van der Waals surface area contributed by atoms with Crippen molar-refractivity contribution >= 4 is 21.8 Å². The number of carbonyl (C=O) groups is 1. The summed E-state index contributed by atoms with van der Waals surface area (Å²) in [4.78, 5) is 11.9. The van der Waals surface area contributed by atoms with Gasteiger partial charge in [-0.15, -0.1) is 0 Å². The predicted octanol–water partition coefficient (Wildman–Crippen LogP) is 2.91. The largest absolute Gasteiger partial charge is 0.361 e. The molecule has 1 aliphatic carbocycles. The number of halogens is 1. The molecule has 1 N–H and O–H groups in total. The van der Waals surface area contributed by atoms with Crippen LogP contribution < -0.4 is 5.32 Å². The van der Waals surface area contributed by atoms with Crippen LogP contribution in [0.3, 0.4) is 0 Å². The van der Waals surface area contributed by atoms with Crippen LogP contribution in [0.2, 0.25) is 0 Å². The topological polar surface area (TPSA) is 55.1 Å².